The van der Waals surface area contributed by atoms with E-state index in [9.17, 15) is 9.59 Å². The average Bonchev–Trinajstić information content (AvgIpc) is 3.14. The Bertz CT molecular complexity index is 522. The Morgan fingerprint density at radius 3 is 2.04 bits per heavy atom. The second kappa shape index (κ2) is 7.92. The largest absolute Gasteiger partial charge is 0.343 e. The van der Waals surface area contributed by atoms with Crippen molar-refractivity contribution in [2.24, 2.45) is 29.1 Å². The van der Waals surface area contributed by atoms with Crippen LogP contribution < -0.4 is 0 Å². The fourth-order valence-corrected chi connectivity index (χ4v) is 5.12. The molecule has 25 heavy (non-hydrogen) atoms. The van der Waals surface area contributed by atoms with Crippen molar-refractivity contribution in [1.82, 2.24) is 9.80 Å². The summed E-state index contributed by atoms with van der Waals surface area (Å²) in [5.41, 5.74) is -0.146. The SMILES string of the molecule is CCN(CC)C(=O)CC(C(=O)N(CC)CC)C12C=CC(C1)C(C)C2C. The summed E-state index contributed by atoms with van der Waals surface area (Å²) >= 11 is 0. The van der Waals surface area contributed by atoms with Crippen LogP contribution in [0.15, 0.2) is 12.2 Å². The number of amides is 2. The molecule has 0 radical (unpaired) electrons. The number of hydrogen-bond donors (Lipinski definition) is 0. The van der Waals surface area contributed by atoms with Crippen molar-refractivity contribution >= 4 is 11.8 Å². The van der Waals surface area contributed by atoms with E-state index in [0.717, 1.165) is 6.42 Å². The third-order valence-electron chi connectivity index (χ3n) is 7.07. The average molecular weight is 349 g/mol. The third kappa shape index (κ3) is 3.37. The van der Waals surface area contributed by atoms with Crippen molar-refractivity contribution in [1.29, 1.82) is 0 Å². The van der Waals surface area contributed by atoms with Crippen LogP contribution in [-0.4, -0.2) is 47.8 Å². The van der Waals surface area contributed by atoms with E-state index in [-0.39, 0.29) is 23.1 Å². The van der Waals surface area contributed by atoms with E-state index in [1.165, 1.54) is 0 Å². The summed E-state index contributed by atoms with van der Waals surface area (Å²) in [5.74, 6) is 1.63. The number of fused-ring (bicyclic) bond motifs is 2. The molecule has 2 rings (SSSR count). The first-order valence-corrected chi connectivity index (χ1v) is 10.1. The van der Waals surface area contributed by atoms with Crippen LogP contribution in [0, 0.1) is 29.1 Å². The zero-order chi connectivity index (χ0) is 18.8. The van der Waals surface area contributed by atoms with Gasteiger partial charge in [-0.1, -0.05) is 26.0 Å². The van der Waals surface area contributed by atoms with Gasteiger partial charge in [0, 0.05) is 38.0 Å². The molecule has 0 N–H and O–H groups in total. The molecule has 2 amide bonds. The van der Waals surface area contributed by atoms with Crippen LogP contribution in [0.5, 0.6) is 0 Å². The fourth-order valence-electron chi connectivity index (χ4n) is 5.12. The van der Waals surface area contributed by atoms with Crippen LogP contribution >= 0.6 is 0 Å². The minimum atomic E-state index is -0.235. The minimum Gasteiger partial charge on any atom is -0.343 e. The second-order valence-electron chi connectivity index (χ2n) is 7.82. The number of nitrogens with zero attached hydrogens (tertiary/aromatic N) is 2. The predicted octanol–water partition coefficient (Wildman–Crippen LogP) is 3.58. The van der Waals surface area contributed by atoms with Crippen molar-refractivity contribution in [2.75, 3.05) is 26.2 Å². The van der Waals surface area contributed by atoms with Gasteiger partial charge in [0.05, 0.1) is 5.92 Å². The molecule has 0 aliphatic heterocycles. The molecule has 1 saturated carbocycles. The van der Waals surface area contributed by atoms with E-state index in [1.807, 2.05) is 37.5 Å². The maximum atomic E-state index is 13.4. The molecule has 0 aromatic rings. The lowest BCUT2D eigenvalue weighted by atomic mass is 9.65. The highest BCUT2D eigenvalue weighted by atomic mass is 16.2. The molecular weight excluding hydrogens is 312 g/mol. The molecular formula is C21H36N2O2. The number of rotatable bonds is 8. The highest BCUT2D eigenvalue weighted by Gasteiger charge is 2.57. The Morgan fingerprint density at radius 1 is 1.04 bits per heavy atom. The van der Waals surface area contributed by atoms with Gasteiger partial charge >= 0.3 is 0 Å². The first kappa shape index (κ1) is 20.0. The summed E-state index contributed by atoms with van der Waals surface area (Å²) in [5, 5.41) is 0. The summed E-state index contributed by atoms with van der Waals surface area (Å²) in [4.78, 5) is 30.0. The predicted molar refractivity (Wildman–Crippen MR) is 102 cm³/mol. The van der Waals surface area contributed by atoms with Gasteiger partial charge in [-0.3, -0.25) is 9.59 Å². The molecule has 0 aromatic carbocycles. The second-order valence-corrected chi connectivity index (χ2v) is 7.82. The molecule has 2 aliphatic rings. The van der Waals surface area contributed by atoms with Crippen LogP contribution in [0.2, 0.25) is 0 Å². The number of carbonyl (C=O) groups is 2. The third-order valence-corrected chi connectivity index (χ3v) is 7.07. The van der Waals surface area contributed by atoms with E-state index >= 15 is 0 Å². The Kier molecular flexibility index (Phi) is 6.34. The highest BCUT2D eigenvalue weighted by Crippen LogP contribution is 2.60. The Balaban J connectivity index is 2.35. The Hall–Kier alpha value is -1.32. The fraction of sp³-hybridized carbons (Fsp3) is 0.810. The molecule has 4 nitrogen and oxygen atoms in total. The summed E-state index contributed by atoms with van der Waals surface area (Å²) in [6.07, 6.45) is 5.95. The minimum absolute atomic E-state index is 0.119. The van der Waals surface area contributed by atoms with Crippen molar-refractivity contribution < 1.29 is 9.59 Å². The molecule has 0 spiro atoms. The Morgan fingerprint density at radius 2 is 1.60 bits per heavy atom. The first-order chi connectivity index (χ1) is 11.9. The van der Waals surface area contributed by atoms with Gasteiger partial charge in [0.15, 0.2) is 0 Å². The van der Waals surface area contributed by atoms with Crippen LogP contribution in [0.25, 0.3) is 0 Å². The van der Waals surface area contributed by atoms with Gasteiger partial charge < -0.3 is 9.80 Å². The lowest BCUT2D eigenvalue weighted by molar-refractivity contribution is -0.145. The monoisotopic (exact) mass is 348 g/mol. The molecule has 1 fully saturated rings. The summed E-state index contributed by atoms with van der Waals surface area (Å²) in [7, 11) is 0. The summed E-state index contributed by atoms with van der Waals surface area (Å²) in [6, 6.07) is 0. The first-order valence-electron chi connectivity index (χ1n) is 10.1. The van der Waals surface area contributed by atoms with Crippen molar-refractivity contribution in [3.8, 4) is 0 Å². The van der Waals surface area contributed by atoms with E-state index < -0.39 is 0 Å². The van der Waals surface area contributed by atoms with E-state index in [4.69, 9.17) is 0 Å². The molecule has 0 aromatic heterocycles. The van der Waals surface area contributed by atoms with E-state index in [0.29, 0.717) is 50.4 Å². The van der Waals surface area contributed by atoms with Crippen molar-refractivity contribution in [3.63, 3.8) is 0 Å². The number of allylic oxidation sites excluding steroid dienone is 2. The van der Waals surface area contributed by atoms with Crippen LogP contribution in [-0.2, 0) is 9.59 Å². The molecule has 0 heterocycles. The van der Waals surface area contributed by atoms with Crippen molar-refractivity contribution in [3.05, 3.63) is 12.2 Å². The van der Waals surface area contributed by atoms with Gasteiger partial charge in [-0.15, -0.1) is 0 Å². The standard InChI is InChI=1S/C21H36N2O2/c1-7-22(8-2)19(24)13-18(20(25)23(9-3)10-4)21-12-11-17(14-21)15(5)16(21)6/h11-12,15-18H,7-10,13-14H2,1-6H3. The maximum absolute atomic E-state index is 13.4. The smallest absolute Gasteiger partial charge is 0.227 e. The molecule has 0 saturated heterocycles. The zero-order valence-corrected chi connectivity index (χ0v) is 16.9. The van der Waals surface area contributed by atoms with Crippen LogP contribution in [0.3, 0.4) is 0 Å². The quantitative estimate of drug-likeness (QED) is 0.629. The molecule has 142 valence electrons. The number of carbonyl (C=O) groups excluding carboxylic acids is 2. The van der Waals surface area contributed by atoms with Gasteiger partial charge in [-0.2, -0.15) is 0 Å². The summed E-state index contributed by atoms with van der Waals surface area (Å²) in [6.45, 7) is 15.5. The molecule has 4 heteroatoms. The normalized spacial score (nSPS) is 31.2. The number of hydrogen-bond acceptors (Lipinski definition) is 2. The maximum Gasteiger partial charge on any atom is 0.227 e. The highest BCUT2D eigenvalue weighted by molar-refractivity contribution is 5.87. The van der Waals surface area contributed by atoms with Gasteiger partial charge in [0.1, 0.15) is 0 Å². The molecule has 5 unspecified atom stereocenters. The molecule has 2 bridgehead atoms. The van der Waals surface area contributed by atoms with E-state index in [2.05, 4.69) is 26.0 Å². The lowest BCUT2D eigenvalue weighted by Crippen LogP contribution is -2.47. The molecule has 5 atom stereocenters. The zero-order valence-electron chi connectivity index (χ0n) is 16.9. The summed E-state index contributed by atoms with van der Waals surface area (Å²) < 4.78 is 0. The Labute approximate surface area is 153 Å². The topological polar surface area (TPSA) is 40.6 Å². The van der Waals surface area contributed by atoms with Crippen LogP contribution in [0.1, 0.15) is 54.4 Å². The van der Waals surface area contributed by atoms with Gasteiger partial charge in [0.2, 0.25) is 11.8 Å². The van der Waals surface area contributed by atoms with Gasteiger partial charge in [-0.25, -0.2) is 0 Å². The van der Waals surface area contributed by atoms with E-state index in [1.54, 1.807) is 0 Å². The van der Waals surface area contributed by atoms with Crippen molar-refractivity contribution in [2.45, 2.75) is 54.4 Å². The van der Waals surface area contributed by atoms with Gasteiger partial charge in [-0.05, 0) is 51.9 Å². The van der Waals surface area contributed by atoms with Crippen LogP contribution in [0.4, 0.5) is 0 Å². The lowest BCUT2D eigenvalue weighted by Gasteiger charge is -2.41. The van der Waals surface area contributed by atoms with Gasteiger partial charge in [0.25, 0.3) is 0 Å². The molecule has 2 aliphatic carbocycles.